The molecule has 1 N–H and O–H groups in total. The van der Waals surface area contributed by atoms with E-state index < -0.39 is 0 Å². The van der Waals surface area contributed by atoms with E-state index in [0.717, 1.165) is 19.5 Å². The van der Waals surface area contributed by atoms with Crippen molar-refractivity contribution in [2.24, 2.45) is 0 Å². The number of halogens is 1. The molecule has 0 fully saturated rings. The molecule has 0 bridgehead atoms. The molecule has 2 aromatic carbocycles. The van der Waals surface area contributed by atoms with E-state index in [9.17, 15) is 0 Å². The Hall–Kier alpha value is -1.12. The molecule has 100 valence electrons. The summed E-state index contributed by atoms with van der Waals surface area (Å²) in [7, 11) is 0. The topological polar surface area (TPSA) is 12.0 Å². The van der Waals surface area contributed by atoms with Gasteiger partial charge in [0.1, 0.15) is 0 Å². The highest BCUT2D eigenvalue weighted by atomic mass is 79.9. The van der Waals surface area contributed by atoms with Crippen LogP contribution in [-0.4, -0.2) is 6.54 Å². The van der Waals surface area contributed by atoms with Crippen molar-refractivity contribution in [3.05, 3.63) is 69.2 Å². The fourth-order valence-electron chi connectivity index (χ4n) is 2.08. The molecule has 2 rings (SSSR count). The van der Waals surface area contributed by atoms with E-state index in [4.69, 9.17) is 0 Å². The zero-order valence-electron chi connectivity index (χ0n) is 11.5. The summed E-state index contributed by atoms with van der Waals surface area (Å²) in [6, 6.07) is 15.2. The second-order valence-electron chi connectivity index (χ2n) is 5.00. The summed E-state index contributed by atoms with van der Waals surface area (Å²) in [4.78, 5) is 0. The van der Waals surface area contributed by atoms with Crippen LogP contribution in [-0.2, 0) is 13.0 Å². The van der Waals surface area contributed by atoms with Crippen molar-refractivity contribution in [1.29, 1.82) is 0 Å². The van der Waals surface area contributed by atoms with Gasteiger partial charge < -0.3 is 5.32 Å². The highest BCUT2D eigenvalue weighted by Gasteiger charge is 1.98. The van der Waals surface area contributed by atoms with Crippen molar-refractivity contribution in [3.63, 3.8) is 0 Å². The Labute approximate surface area is 124 Å². The van der Waals surface area contributed by atoms with Crippen LogP contribution in [0.1, 0.15) is 22.3 Å². The molecule has 0 unspecified atom stereocenters. The van der Waals surface area contributed by atoms with Gasteiger partial charge in [0, 0.05) is 11.0 Å². The predicted octanol–water partition coefficient (Wildman–Crippen LogP) is 4.40. The van der Waals surface area contributed by atoms with Crippen LogP contribution in [0.5, 0.6) is 0 Å². The van der Waals surface area contributed by atoms with Crippen LogP contribution in [0.15, 0.2) is 46.9 Å². The smallest absolute Gasteiger partial charge is 0.0207 e. The Bertz CT molecular complexity index is 549. The maximum atomic E-state index is 3.57. The molecule has 0 aromatic heterocycles. The number of aryl methyl sites for hydroxylation is 2. The first-order valence-corrected chi connectivity index (χ1v) is 7.46. The lowest BCUT2D eigenvalue weighted by Gasteiger charge is -2.07. The standard InChI is InChI=1S/C17H20BrN/c1-13-4-3-5-15(10-13)8-9-19-12-16-7-6-14(2)17(18)11-16/h3-7,10-11,19H,8-9,12H2,1-2H3. The highest BCUT2D eigenvalue weighted by molar-refractivity contribution is 9.10. The third kappa shape index (κ3) is 4.48. The molecule has 0 radical (unpaired) electrons. The van der Waals surface area contributed by atoms with E-state index in [-0.39, 0.29) is 0 Å². The number of benzene rings is 2. The van der Waals surface area contributed by atoms with Gasteiger partial charge in [-0.2, -0.15) is 0 Å². The summed E-state index contributed by atoms with van der Waals surface area (Å²) in [5.74, 6) is 0. The minimum absolute atomic E-state index is 0.921. The molecule has 0 saturated heterocycles. The Balaban J connectivity index is 1.79. The molecule has 0 saturated carbocycles. The van der Waals surface area contributed by atoms with Crippen LogP contribution in [0, 0.1) is 13.8 Å². The van der Waals surface area contributed by atoms with Gasteiger partial charge in [0.2, 0.25) is 0 Å². The Kier molecular flexibility index (Phi) is 5.17. The second kappa shape index (κ2) is 6.88. The van der Waals surface area contributed by atoms with Crippen LogP contribution in [0.4, 0.5) is 0 Å². The molecule has 0 aliphatic carbocycles. The fraction of sp³-hybridized carbons (Fsp3) is 0.294. The van der Waals surface area contributed by atoms with Crippen LogP contribution in [0.25, 0.3) is 0 Å². The summed E-state index contributed by atoms with van der Waals surface area (Å²) in [6.07, 6.45) is 1.08. The first-order valence-electron chi connectivity index (χ1n) is 6.66. The largest absolute Gasteiger partial charge is 0.312 e. The van der Waals surface area contributed by atoms with Crippen molar-refractivity contribution in [3.8, 4) is 0 Å². The lowest BCUT2D eigenvalue weighted by Crippen LogP contribution is -2.16. The van der Waals surface area contributed by atoms with Crippen molar-refractivity contribution >= 4 is 15.9 Å². The summed E-state index contributed by atoms with van der Waals surface area (Å²) < 4.78 is 1.19. The number of hydrogen-bond donors (Lipinski definition) is 1. The highest BCUT2D eigenvalue weighted by Crippen LogP contribution is 2.17. The first-order chi connectivity index (χ1) is 9.15. The molecule has 1 nitrogen and oxygen atoms in total. The van der Waals surface area contributed by atoms with Crippen molar-refractivity contribution in [2.75, 3.05) is 6.54 Å². The molecule has 0 heterocycles. The van der Waals surface area contributed by atoms with Gasteiger partial charge in [-0.3, -0.25) is 0 Å². The van der Waals surface area contributed by atoms with Crippen molar-refractivity contribution in [2.45, 2.75) is 26.8 Å². The van der Waals surface area contributed by atoms with E-state index in [1.54, 1.807) is 0 Å². The Morgan fingerprint density at radius 3 is 2.58 bits per heavy atom. The normalized spacial score (nSPS) is 10.7. The lowest BCUT2D eigenvalue weighted by atomic mass is 10.1. The maximum absolute atomic E-state index is 3.57. The molecule has 0 atom stereocenters. The van der Waals surface area contributed by atoms with Gasteiger partial charge in [-0.1, -0.05) is 57.9 Å². The summed E-state index contributed by atoms with van der Waals surface area (Å²) in [5.41, 5.74) is 5.34. The maximum Gasteiger partial charge on any atom is 0.0207 e. The quantitative estimate of drug-likeness (QED) is 0.806. The zero-order chi connectivity index (χ0) is 13.7. The SMILES string of the molecule is Cc1cccc(CCNCc2ccc(C)c(Br)c2)c1. The molecule has 0 aliphatic rings. The van der Waals surface area contributed by atoms with Crippen LogP contribution in [0.3, 0.4) is 0 Å². The molecule has 2 aromatic rings. The first kappa shape index (κ1) is 14.3. The lowest BCUT2D eigenvalue weighted by molar-refractivity contribution is 0.686. The van der Waals surface area contributed by atoms with E-state index in [2.05, 4.69) is 77.6 Å². The van der Waals surface area contributed by atoms with E-state index in [1.807, 2.05) is 0 Å². The Morgan fingerprint density at radius 2 is 1.84 bits per heavy atom. The zero-order valence-corrected chi connectivity index (χ0v) is 13.1. The van der Waals surface area contributed by atoms with Gasteiger partial charge in [-0.05, 0) is 49.6 Å². The molecule has 2 heteroatoms. The van der Waals surface area contributed by atoms with E-state index in [1.165, 1.54) is 26.7 Å². The summed E-state index contributed by atoms with van der Waals surface area (Å²) in [6.45, 7) is 6.18. The van der Waals surface area contributed by atoms with Gasteiger partial charge in [0.15, 0.2) is 0 Å². The molecule has 0 spiro atoms. The van der Waals surface area contributed by atoms with Gasteiger partial charge in [0.25, 0.3) is 0 Å². The van der Waals surface area contributed by atoms with Crippen molar-refractivity contribution in [1.82, 2.24) is 5.32 Å². The molecular weight excluding hydrogens is 298 g/mol. The number of rotatable bonds is 5. The average molecular weight is 318 g/mol. The summed E-state index contributed by atoms with van der Waals surface area (Å²) in [5, 5.41) is 3.50. The van der Waals surface area contributed by atoms with Crippen molar-refractivity contribution < 1.29 is 0 Å². The van der Waals surface area contributed by atoms with Gasteiger partial charge in [0.05, 0.1) is 0 Å². The third-order valence-corrected chi connectivity index (χ3v) is 4.09. The monoisotopic (exact) mass is 317 g/mol. The Morgan fingerprint density at radius 1 is 1.00 bits per heavy atom. The predicted molar refractivity (Wildman–Crippen MR) is 85.5 cm³/mol. The average Bonchev–Trinajstić information content (AvgIpc) is 2.39. The fourth-order valence-corrected chi connectivity index (χ4v) is 2.51. The van der Waals surface area contributed by atoms with E-state index in [0.29, 0.717) is 0 Å². The second-order valence-corrected chi connectivity index (χ2v) is 5.85. The number of nitrogens with one attached hydrogen (secondary N) is 1. The molecular formula is C17H20BrN. The van der Waals surface area contributed by atoms with Gasteiger partial charge in [-0.15, -0.1) is 0 Å². The van der Waals surface area contributed by atoms with Crippen LogP contribution >= 0.6 is 15.9 Å². The minimum Gasteiger partial charge on any atom is -0.312 e. The molecule has 0 amide bonds. The van der Waals surface area contributed by atoms with Gasteiger partial charge in [-0.25, -0.2) is 0 Å². The number of hydrogen-bond acceptors (Lipinski definition) is 1. The van der Waals surface area contributed by atoms with Gasteiger partial charge >= 0.3 is 0 Å². The third-order valence-electron chi connectivity index (χ3n) is 3.24. The van der Waals surface area contributed by atoms with Crippen LogP contribution < -0.4 is 5.32 Å². The molecule has 0 aliphatic heterocycles. The molecule has 19 heavy (non-hydrogen) atoms. The summed E-state index contributed by atoms with van der Waals surface area (Å²) >= 11 is 3.57. The van der Waals surface area contributed by atoms with E-state index >= 15 is 0 Å². The minimum atomic E-state index is 0.921. The van der Waals surface area contributed by atoms with Crippen LogP contribution in [0.2, 0.25) is 0 Å².